The maximum absolute atomic E-state index is 5.95. The van der Waals surface area contributed by atoms with Crippen LogP contribution in [0.3, 0.4) is 0 Å². The Labute approximate surface area is 120 Å². The third-order valence-corrected chi connectivity index (χ3v) is 3.00. The Morgan fingerprint density at radius 2 is 1.70 bits per heavy atom. The summed E-state index contributed by atoms with van der Waals surface area (Å²) in [5.41, 5.74) is 9.93. The Bertz CT molecular complexity index is 588. The van der Waals surface area contributed by atoms with E-state index < -0.39 is 0 Å². The van der Waals surface area contributed by atoms with Gasteiger partial charge >= 0.3 is 0 Å². The van der Waals surface area contributed by atoms with Crippen LogP contribution >= 0.6 is 0 Å². The Morgan fingerprint density at radius 3 is 2.30 bits per heavy atom. The molecule has 20 heavy (non-hydrogen) atoms. The van der Waals surface area contributed by atoms with Gasteiger partial charge in [0.1, 0.15) is 5.75 Å². The fourth-order valence-corrected chi connectivity index (χ4v) is 1.91. The zero-order valence-corrected chi connectivity index (χ0v) is 11.9. The summed E-state index contributed by atoms with van der Waals surface area (Å²) in [5.74, 6) is 0.739. The molecule has 3 N–H and O–H groups in total. The molecule has 0 unspecified atom stereocenters. The first kappa shape index (κ1) is 14.0. The molecule has 0 saturated carbocycles. The second-order valence-electron chi connectivity index (χ2n) is 4.44. The summed E-state index contributed by atoms with van der Waals surface area (Å²) < 4.78 is 5.42. The van der Waals surface area contributed by atoms with E-state index >= 15 is 0 Å². The third kappa shape index (κ3) is 3.54. The minimum Gasteiger partial charge on any atom is -0.492 e. The van der Waals surface area contributed by atoms with Crippen LogP contribution in [-0.4, -0.2) is 13.7 Å². The van der Waals surface area contributed by atoms with E-state index in [2.05, 4.69) is 23.5 Å². The maximum atomic E-state index is 5.95. The van der Waals surface area contributed by atoms with E-state index in [1.165, 1.54) is 0 Å². The van der Waals surface area contributed by atoms with Gasteiger partial charge in [-0.15, -0.1) is 0 Å². The van der Waals surface area contributed by atoms with Crippen molar-refractivity contribution in [2.75, 3.05) is 24.7 Å². The van der Waals surface area contributed by atoms with E-state index in [1.807, 2.05) is 50.4 Å². The van der Waals surface area contributed by atoms with Gasteiger partial charge in [0.25, 0.3) is 0 Å². The Balaban J connectivity index is 2.12. The zero-order valence-electron chi connectivity index (χ0n) is 11.9. The Kier molecular flexibility index (Phi) is 4.66. The number of anilines is 2. The molecule has 0 bridgehead atoms. The first-order chi connectivity index (χ1) is 9.72. The molecular formula is C17H20N2O. The number of benzene rings is 2. The fraction of sp³-hybridized carbons (Fsp3) is 0.176. The normalized spacial score (nSPS) is 10.7. The fourth-order valence-electron chi connectivity index (χ4n) is 1.91. The van der Waals surface area contributed by atoms with Crippen molar-refractivity contribution in [3.05, 3.63) is 53.6 Å². The third-order valence-electron chi connectivity index (χ3n) is 3.00. The zero-order chi connectivity index (χ0) is 14.4. The summed E-state index contributed by atoms with van der Waals surface area (Å²) >= 11 is 0. The van der Waals surface area contributed by atoms with Crippen molar-refractivity contribution in [2.24, 2.45) is 0 Å². The summed E-state index contributed by atoms with van der Waals surface area (Å²) in [7, 11) is 1.91. The van der Waals surface area contributed by atoms with Crippen LogP contribution in [0.5, 0.6) is 5.75 Å². The van der Waals surface area contributed by atoms with E-state index in [-0.39, 0.29) is 0 Å². The van der Waals surface area contributed by atoms with Gasteiger partial charge in [-0.2, -0.15) is 0 Å². The van der Waals surface area contributed by atoms with E-state index in [0.717, 1.165) is 22.6 Å². The van der Waals surface area contributed by atoms with Gasteiger partial charge in [0, 0.05) is 12.7 Å². The molecule has 0 radical (unpaired) electrons. The van der Waals surface area contributed by atoms with E-state index in [4.69, 9.17) is 10.5 Å². The number of hydrogen-bond donors (Lipinski definition) is 2. The van der Waals surface area contributed by atoms with Crippen molar-refractivity contribution in [1.29, 1.82) is 0 Å². The average molecular weight is 268 g/mol. The van der Waals surface area contributed by atoms with E-state index in [0.29, 0.717) is 12.3 Å². The Hall–Kier alpha value is -2.42. The van der Waals surface area contributed by atoms with Crippen LogP contribution in [0.15, 0.2) is 42.5 Å². The minimum absolute atomic E-state index is 0.622. The van der Waals surface area contributed by atoms with Gasteiger partial charge in [-0.25, -0.2) is 0 Å². The topological polar surface area (TPSA) is 47.3 Å². The van der Waals surface area contributed by atoms with Crippen LogP contribution in [0.25, 0.3) is 12.2 Å². The highest BCUT2D eigenvalue weighted by molar-refractivity contribution is 5.73. The highest BCUT2D eigenvalue weighted by Gasteiger charge is 1.99. The van der Waals surface area contributed by atoms with Crippen LogP contribution in [0.1, 0.15) is 18.1 Å². The van der Waals surface area contributed by atoms with Crippen LogP contribution in [-0.2, 0) is 0 Å². The molecule has 0 aliphatic rings. The predicted molar refractivity (Wildman–Crippen MR) is 86.9 cm³/mol. The molecule has 3 nitrogen and oxygen atoms in total. The van der Waals surface area contributed by atoms with Crippen molar-refractivity contribution in [1.82, 2.24) is 0 Å². The lowest BCUT2D eigenvalue weighted by molar-refractivity contribution is 0.342. The molecule has 0 spiro atoms. The van der Waals surface area contributed by atoms with Gasteiger partial charge < -0.3 is 15.8 Å². The summed E-state index contributed by atoms with van der Waals surface area (Å²) in [6, 6.07) is 14.1. The molecular weight excluding hydrogens is 248 g/mol. The lowest BCUT2D eigenvalue weighted by atomic mass is 10.1. The Morgan fingerprint density at radius 1 is 1.05 bits per heavy atom. The van der Waals surface area contributed by atoms with Crippen molar-refractivity contribution in [2.45, 2.75) is 6.92 Å². The van der Waals surface area contributed by atoms with Crippen molar-refractivity contribution >= 4 is 23.5 Å². The smallest absolute Gasteiger partial charge is 0.142 e. The number of ether oxygens (including phenoxy) is 1. The second-order valence-corrected chi connectivity index (χ2v) is 4.44. The van der Waals surface area contributed by atoms with Gasteiger partial charge in [-0.1, -0.05) is 30.4 Å². The van der Waals surface area contributed by atoms with Crippen LogP contribution in [0.4, 0.5) is 11.4 Å². The monoisotopic (exact) mass is 268 g/mol. The van der Waals surface area contributed by atoms with Gasteiger partial charge in [-0.05, 0) is 42.3 Å². The van der Waals surface area contributed by atoms with Crippen molar-refractivity contribution in [3.63, 3.8) is 0 Å². The molecule has 0 fully saturated rings. The molecule has 2 rings (SSSR count). The SMILES string of the molecule is CCOc1ccc(/C=C/c2ccc(NC)cc2)cc1N. The standard InChI is InChI=1S/C17H20N2O/c1-3-20-17-11-8-14(12-16(17)18)5-4-13-6-9-15(19-2)10-7-13/h4-12,19H,3,18H2,1-2H3/b5-4+. The lowest BCUT2D eigenvalue weighted by Gasteiger charge is -2.07. The highest BCUT2D eigenvalue weighted by atomic mass is 16.5. The molecule has 0 amide bonds. The van der Waals surface area contributed by atoms with Crippen molar-refractivity contribution < 1.29 is 4.74 Å². The lowest BCUT2D eigenvalue weighted by Crippen LogP contribution is -1.96. The molecule has 0 atom stereocenters. The molecule has 0 aromatic heterocycles. The largest absolute Gasteiger partial charge is 0.492 e. The van der Waals surface area contributed by atoms with Gasteiger partial charge in [0.2, 0.25) is 0 Å². The first-order valence-electron chi connectivity index (χ1n) is 6.71. The molecule has 0 heterocycles. The van der Waals surface area contributed by atoms with Gasteiger partial charge in [0.15, 0.2) is 0 Å². The highest BCUT2D eigenvalue weighted by Crippen LogP contribution is 2.23. The molecule has 0 aliphatic heterocycles. The number of nitrogen functional groups attached to an aromatic ring is 1. The molecule has 104 valence electrons. The van der Waals surface area contributed by atoms with Gasteiger partial charge in [-0.3, -0.25) is 0 Å². The van der Waals surface area contributed by atoms with Crippen LogP contribution in [0.2, 0.25) is 0 Å². The van der Waals surface area contributed by atoms with Crippen molar-refractivity contribution in [3.8, 4) is 5.75 Å². The summed E-state index contributed by atoms with van der Waals surface area (Å²) in [6.45, 7) is 2.57. The number of nitrogens with two attached hydrogens (primary N) is 1. The number of rotatable bonds is 5. The molecule has 0 aliphatic carbocycles. The average Bonchev–Trinajstić information content (AvgIpc) is 2.48. The molecule has 3 heteroatoms. The van der Waals surface area contributed by atoms with Crippen LogP contribution < -0.4 is 15.8 Å². The maximum Gasteiger partial charge on any atom is 0.142 e. The summed E-state index contributed by atoms with van der Waals surface area (Å²) in [6.07, 6.45) is 4.11. The van der Waals surface area contributed by atoms with E-state index in [9.17, 15) is 0 Å². The summed E-state index contributed by atoms with van der Waals surface area (Å²) in [5, 5.41) is 3.10. The van der Waals surface area contributed by atoms with Crippen LogP contribution in [0, 0.1) is 0 Å². The quantitative estimate of drug-likeness (QED) is 0.639. The first-order valence-corrected chi connectivity index (χ1v) is 6.71. The number of nitrogens with one attached hydrogen (secondary N) is 1. The predicted octanol–water partition coefficient (Wildman–Crippen LogP) is 3.88. The molecule has 0 saturated heterocycles. The van der Waals surface area contributed by atoms with E-state index in [1.54, 1.807) is 0 Å². The van der Waals surface area contributed by atoms with Gasteiger partial charge in [0.05, 0.1) is 12.3 Å². The number of hydrogen-bond acceptors (Lipinski definition) is 3. The molecule has 2 aromatic carbocycles. The second kappa shape index (κ2) is 6.66. The molecule has 2 aromatic rings. The minimum atomic E-state index is 0.622. The summed E-state index contributed by atoms with van der Waals surface area (Å²) in [4.78, 5) is 0.